The van der Waals surface area contributed by atoms with Crippen LogP contribution in [0, 0.1) is 0 Å². The van der Waals surface area contributed by atoms with E-state index in [4.69, 9.17) is 4.74 Å². The highest BCUT2D eigenvalue weighted by atomic mass is 16.6. The molecule has 0 aliphatic carbocycles. The van der Waals surface area contributed by atoms with E-state index in [1.165, 1.54) is 0 Å². The van der Waals surface area contributed by atoms with Crippen molar-refractivity contribution in [2.24, 2.45) is 0 Å². The van der Waals surface area contributed by atoms with Gasteiger partial charge in [0, 0.05) is 0 Å². The Morgan fingerprint density at radius 3 is 2.40 bits per heavy atom. The minimum Gasteiger partial charge on any atom is -0.376 e. The van der Waals surface area contributed by atoms with Gasteiger partial charge in [-0.2, -0.15) is 0 Å². The summed E-state index contributed by atoms with van der Waals surface area (Å²) in [4.78, 5) is 1.98. The summed E-state index contributed by atoms with van der Waals surface area (Å²) in [6.45, 7) is 6.05. The lowest BCUT2D eigenvalue weighted by molar-refractivity contribution is -0.0160. The molecule has 0 saturated carbocycles. The number of morpholine rings is 1. The van der Waals surface area contributed by atoms with E-state index >= 15 is 0 Å². The van der Waals surface area contributed by atoms with Gasteiger partial charge in [-0.05, 0) is 20.8 Å². The maximum atomic E-state index is 9.44. The molecule has 0 spiro atoms. The van der Waals surface area contributed by atoms with E-state index in [1.54, 1.807) is 0 Å². The van der Waals surface area contributed by atoms with Crippen molar-refractivity contribution < 1.29 is 9.84 Å². The van der Waals surface area contributed by atoms with Gasteiger partial charge in [0.05, 0.1) is 11.6 Å². The number of hydrogen-bond acceptors (Lipinski definition) is 3. The molecule has 0 aromatic rings. The van der Waals surface area contributed by atoms with Crippen LogP contribution in [0.25, 0.3) is 0 Å². The molecule has 3 nitrogen and oxygen atoms in total. The van der Waals surface area contributed by atoms with Crippen LogP contribution < -0.4 is 0 Å². The Bertz CT molecular complexity index is 167. The first-order valence-corrected chi connectivity index (χ1v) is 3.67. The third-order valence-electron chi connectivity index (χ3n) is 2.50. The second-order valence-corrected chi connectivity index (χ2v) is 3.67. The predicted molar refractivity (Wildman–Crippen MR) is 36.3 cm³/mol. The highest BCUT2D eigenvalue weighted by molar-refractivity contribution is 5.11. The molecule has 0 radical (unpaired) electrons. The van der Waals surface area contributed by atoms with Crippen LogP contribution >= 0.6 is 0 Å². The zero-order valence-electron chi connectivity index (χ0n) is 6.53. The summed E-state index contributed by atoms with van der Waals surface area (Å²) in [6.07, 6.45) is -0.240. The van der Waals surface area contributed by atoms with E-state index < -0.39 is 0 Å². The fourth-order valence-electron chi connectivity index (χ4n) is 1.69. The third kappa shape index (κ3) is 0.557. The van der Waals surface area contributed by atoms with Gasteiger partial charge in [-0.3, -0.25) is 0 Å². The Labute approximate surface area is 60.6 Å². The fourth-order valence-corrected chi connectivity index (χ4v) is 1.69. The van der Waals surface area contributed by atoms with Crippen molar-refractivity contribution in [2.75, 3.05) is 0 Å². The van der Waals surface area contributed by atoms with Crippen molar-refractivity contribution in [1.29, 1.82) is 0 Å². The topological polar surface area (TPSA) is 32.5 Å². The van der Waals surface area contributed by atoms with E-state index in [1.807, 2.05) is 11.8 Å². The number of aliphatic hydroxyl groups excluding tert-OH is 1. The summed E-state index contributed by atoms with van der Waals surface area (Å²) >= 11 is 0. The summed E-state index contributed by atoms with van der Waals surface area (Å²) in [5.41, 5.74) is 0.0753. The summed E-state index contributed by atoms with van der Waals surface area (Å²) in [5, 5.41) is 9.44. The lowest BCUT2D eigenvalue weighted by Crippen LogP contribution is -2.32. The molecule has 4 atom stereocenters. The highest BCUT2D eigenvalue weighted by Crippen LogP contribution is 2.48. The van der Waals surface area contributed by atoms with Crippen molar-refractivity contribution in [3.63, 3.8) is 0 Å². The first kappa shape index (κ1) is 6.58. The SMILES string of the molecule is CC1OC2N(C1O)C2(C)C. The van der Waals surface area contributed by atoms with Gasteiger partial charge >= 0.3 is 0 Å². The van der Waals surface area contributed by atoms with Crippen molar-refractivity contribution in [3.05, 3.63) is 0 Å². The Kier molecular flexibility index (Phi) is 1.02. The lowest BCUT2D eigenvalue weighted by atomic mass is 10.2. The number of rotatable bonds is 0. The second-order valence-electron chi connectivity index (χ2n) is 3.67. The molecule has 3 heteroatoms. The molecule has 4 unspecified atom stereocenters. The van der Waals surface area contributed by atoms with Gasteiger partial charge in [0.25, 0.3) is 0 Å². The largest absolute Gasteiger partial charge is 0.376 e. The third-order valence-corrected chi connectivity index (χ3v) is 2.50. The van der Waals surface area contributed by atoms with E-state index in [-0.39, 0.29) is 24.1 Å². The Balaban J connectivity index is 2.13. The Morgan fingerprint density at radius 2 is 2.10 bits per heavy atom. The minimum absolute atomic E-state index is 0.0157. The smallest absolute Gasteiger partial charge is 0.136 e. The van der Waals surface area contributed by atoms with E-state index in [9.17, 15) is 5.11 Å². The van der Waals surface area contributed by atoms with Crippen LogP contribution in [0.1, 0.15) is 20.8 Å². The van der Waals surface area contributed by atoms with Gasteiger partial charge in [-0.25, -0.2) is 4.90 Å². The average molecular weight is 143 g/mol. The molecule has 1 N–H and O–H groups in total. The maximum absolute atomic E-state index is 9.44. The fraction of sp³-hybridized carbons (Fsp3) is 1.00. The van der Waals surface area contributed by atoms with Crippen LogP contribution in [0.3, 0.4) is 0 Å². The highest BCUT2D eigenvalue weighted by Gasteiger charge is 2.65. The van der Waals surface area contributed by atoms with E-state index in [2.05, 4.69) is 13.8 Å². The molecule has 10 heavy (non-hydrogen) atoms. The lowest BCUT2D eigenvalue weighted by Gasteiger charge is -2.17. The Morgan fingerprint density at radius 1 is 1.50 bits per heavy atom. The molecule has 0 amide bonds. The second kappa shape index (κ2) is 1.55. The molecule has 0 bridgehead atoms. The van der Waals surface area contributed by atoms with Crippen LogP contribution in [0.15, 0.2) is 0 Å². The monoisotopic (exact) mass is 143 g/mol. The normalized spacial score (nSPS) is 56.4. The van der Waals surface area contributed by atoms with Crippen LogP contribution in [0.5, 0.6) is 0 Å². The van der Waals surface area contributed by atoms with Crippen molar-refractivity contribution in [1.82, 2.24) is 4.90 Å². The molecule has 2 rings (SSSR count). The average Bonchev–Trinajstić information content (AvgIpc) is 2.12. The van der Waals surface area contributed by atoms with Crippen molar-refractivity contribution >= 4 is 0 Å². The molecule has 2 saturated heterocycles. The molecule has 2 heterocycles. The van der Waals surface area contributed by atoms with Crippen molar-refractivity contribution in [3.8, 4) is 0 Å². The van der Waals surface area contributed by atoms with Crippen LogP contribution in [0.4, 0.5) is 0 Å². The molecule has 0 aromatic carbocycles. The van der Waals surface area contributed by atoms with E-state index in [0.29, 0.717) is 0 Å². The molecular formula is C7H13NO2. The standard InChI is InChI=1S/C7H13NO2/c1-4-5(9)8-6(10-4)7(8,2)3/h4-6,9H,1-3H3. The molecule has 0 aromatic heterocycles. The van der Waals surface area contributed by atoms with E-state index in [0.717, 1.165) is 0 Å². The van der Waals surface area contributed by atoms with Crippen LogP contribution in [0.2, 0.25) is 0 Å². The first-order valence-electron chi connectivity index (χ1n) is 3.67. The Hall–Kier alpha value is -0.120. The molecule has 58 valence electrons. The van der Waals surface area contributed by atoms with Gasteiger partial charge in [-0.15, -0.1) is 0 Å². The van der Waals surface area contributed by atoms with Gasteiger partial charge < -0.3 is 9.84 Å². The molecule has 2 fully saturated rings. The summed E-state index contributed by atoms with van der Waals surface area (Å²) in [7, 11) is 0. The summed E-state index contributed by atoms with van der Waals surface area (Å²) < 4.78 is 5.44. The van der Waals surface area contributed by atoms with Gasteiger partial charge in [0.15, 0.2) is 0 Å². The zero-order valence-corrected chi connectivity index (χ0v) is 6.53. The number of aliphatic hydroxyl groups is 1. The molecule has 2 aliphatic heterocycles. The number of fused-ring (bicyclic) bond motifs is 1. The number of ether oxygens (including phenoxy) is 1. The van der Waals surface area contributed by atoms with Gasteiger partial charge in [0.2, 0.25) is 0 Å². The minimum atomic E-state index is -0.389. The quantitative estimate of drug-likeness (QED) is 0.490. The summed E-state index contributed by atoms with van der Waals surface area (Å²) in [6, 6.07) is 0. The van der Waals surface area contributed by atoms with Gasteiger partial charge in [0.1, 0.15) is 12.5 Å². The van der Waals surface area contributed by atoms with Gasteiger partial charge in [-0.1, -0.05) is 0 Å². The van der Waals surface area contributed by atoms with Crippen LogP contribution in [-0.4, -0.2) is 34.1 Å². The predicted octanol–water partition coefficient (Wildman–Crippen LogP) is 0.144. The zero-order chi connectivity index (χ0) is 7.52. The summed E-state index contributed by atoms with van der Waals surface area (Å²) in [5.74, 6) is 0. The van der Waals surface area contributed by atoms with Crippen LogP contribution in [-0.2, 0) is 4.74 Å². The molecular weight excluding hydrogens is 130 g/mol. The maximum Gasteiger partial charge on any atom is 0.136 e. The first-order chi connectivity index (χ1) is 4.55. The van der Waals surface area contributed by atoms with Crippen molar-refractivity contribution in [2.45, 2.75) is 44.9 Å². The molecule has 2 aliphatic rings. The number of hydrogen-bond donors (Lipinski definition) is 1. The number of nitrogens with zero attached hydrogens (tertiary/aromatic N) is 1.